The molecular weight excluding hydrogens is 470 g/mol. The Hall–Kier alpha value is -3.70. The predicted molar refractivity (Wildman–Crippen MR) is 128 cm³/mol. The third kappa shape index (κ3) is 3.66. The lowest BCUT2D eigenvalue weighted by Gasteiger charge is -2.50. The molecule has 4 rings (SSSR count). The Morgan fingerprint density at radius 1 is 1.19 bits per heavy atom. The normalized spacial score (nSPS) is 27.2. The summed E-state index contributed by atoms with van der Waals surface area (Å²) in [5, 5.41) is 46.7. The molecule has 0 heterocycles. The van der Waals surface area contributed by atoms with Crippen molar-refractivity contribution < 1.29 is 39.6 Å². The molecule has 4 atom stereocenters. The average Bonchev–Trinajstić information content (AvgIpc) is 2.75. The summed E-state index contributed by atoms with van der Waals surface area (Å²) in [4.78, 5) is 51.7. The molecule has 0 aliphatic heterocycles. The van der Waals surface area contributed by atoms with Crippen molar-refractivity contribution in [1.29, 1.82) is 0 Å². The molecule has 3 aliphatic carbocycles. The highest BCUT2D eigenvalue weighted by Crippen LogP contribution is 2.52. The number of phenolic OH excluding ortho intramolecular Hbond substituents is 1. The van der Waals surface area contributed by atoms with Gasteiger partial charge >= 0.3 is 0 Å². The molecule has 0 aromatic heterocycles. The summed E-state index contributed by atoms with van der Waals surface area (Å²) >= 11 is 0. The van der Waals surface area contributed by atoms with Crippen molar-refractivity contribution in [2.75, 3.05) is 14.1 Å². The minimum atomic E-state index is -2.67. The highest BCUT2D eigenvalue weighted by atomic mass is 16.3. The van der Waals surface area contributed by atoms with Crippen LogP contribution in [0.1, 0.15) is 37.5 Å². The summed E-state index contributed by atoms with van der Waals surface area (Å²) in [5.74, 6) is -7.24. The zero-order chi connectivity index (χ0) is 26.0. The van der Waals surface area contributed by atoms with Gasteiger partial charge in [-0.3, -0.25) is 24.1 Å². The maximum Gasteiger partial charge on any atom is 0.255 e. The molecule has 1 aromatic rings. The van der Waals surface area contributed by atoms with Crippen LogP contribution in [0.2, 0.25) is 0 Å². The summed E-state index contributed by atoms with van der Waals surface area (Å²) < 4.78 is 0. The molecule has 1 saturated carbocycles. The van der Waals surface area contributed by atoms with Crippen LogP contribution < -0.4 is 11.1 Å². The van der Waals surface area contributed by atoms with E-state index in [0.29, 0.717) is 11.1 Å². The number of fused-ring (bicyclic) bond motifs is 3. The van der Waals surface area contributed by atoms with Crippen LogP contribution in [0.25, 0.3) is 5.76 Å². The van der Waals surface area contributed by atoms with E-state index in [-0.39, 0.29) is 49.6 Å². The van der Waals surface area contributed by atoms with Crippen molar-refractivity contribution in [2.24, 2.45) is 17.6 Å². The number of nitrogens with two attached hydrogens (primary N) is 1. The maximum atomic E-state index is 13.7. The Bertz CT molecular complexity index is 1250. The van der Waals surface area contributed by atoms with Gasteiger partial charge in [0.1, 0.15) is 22.8 Å². The molecule has 11 heteroatoms. The molecule has 1 fully saturated rings. The van der Waals surface area contributed by atoms with E-state index in [2.05, 4.69) is 5.32 Å². The van der Waals surface area contributed by atoms with Crippen LogP contribution in [0.5, 0.6) is 5.75 Å². The fourth-order valence-corrected chi connectivity index (χ4v) is 5.69. The van der Waals surface area contributed by atoms with Gasteiger partial charge in [0, 0.05) is 25.0 Å². The number of ketones is 2. The van der Waals surface area contributed by atoms with Crippen LogP contribution >= 0.6 is 0 Å². The first kappa shape index (κ1) is 26.9. The van der Waals surface area contributed by atoms with E-state index >= 15 is 0 Å². The molecule has 3 aliphatic rings. The summed E-state index contributed by atoms with van der Waals surface area (Å²) in [6, 6.07) is 1.78. The zero-order valence-electron chi connectivity index (χ0n) is 19.5. The number of nitrogens with one attached hydrogen (secondary N) is 1. The van der Waals surface area contributed by atoms with Gasteiger partial charge in [-0.25, -0.2) is 0 Å². The lowest BCUT2D eigenvalue weighted by Crippen LogP contribution is -2.65. The van der Waals surface area contributed by atoms with Gasteiger partial charge in [-0.15, -0.1) is 0 Å². The largest absolute Gasteiger partial charge is 0.508 e. The average molecular weight is 502 g/mol. The summed E-state index contributed by atoms with van der Waals surface area (Å²) in [6.07, 6.45) is 0.166. The van der Waals surface area contributed by atoms with Gasteiger partial charge in [-0.05, 0) is 50.0 Å². The van der Waals surface area contributed by atoms with Crippen LogP contribution in [0, 0.1) is 11.8 Å². The second-order valence-corrected chi connectivity index (χ2v) is 9.47. The van der Waals surface area contributed by atoms with E-state index in [0.717, 1.165) is 0 Å². The van der Waals surface area contributed by atoms with Crippen molar-refractivity contribution in [1.82, 2.24) is 10.2 Å². The molecule has 0 bridgehead atoms. The Labute approximate surface area is 207 Å². The fourth-order valence-electron chi connectivity index (χ4n) is 5.69. The number of Topliss-reactive ketones (excluding diaryl/α,β-unsaturated/α-hetero) is 2. The van der Waals surface area contributed by atoms with E-state index < -0.39 is 58.0 Å². The number of hydrogen-bond donors (Lipinski definition) is 6. The van der Waals surface area contributed by atoms with E-state index in [4.69, 9.17) is 5.73 Å². The number of benzene rings is 1. The number of primary amides is 1. The van der Waals surface area contributed by atoms with E-state index in [9.17, 15) is 39.6 Å². The van der Waals surface area contributed by atoms with Crippen LogP contribution in [0.3, 0.4) is 0 Å². The molecule has 11 nitrogen and oxygen atoms in total. The van der Waals surface area contributed by atoms with Gasteiger partial charge in [0.2, 0.25) is 11.7 Å². The number of aliphatic hydroxyl groups is 3. The second-order valence-electron chi connectivity index (χ2n) is 9.47. The Morgan fingerprint density at radius 3 is 2.39 bits per heavy atom. The zero-order valence-corrected chi connectivity index (χ0v) is 19.5. The summed E-state index contributed by atoms with van der Waals surface area (Å²) in [5.41, 5.74) is 2.68. The van der Waals surface area contributed by atoms with Gasteiger partial charge in [-0.2, -0.15) is 0 Å². The molecule has 7 N–H and O–H groups in total. The fraction of sp³-hybridized carbons (Fsp3) is 0.440. The molecule has 0 spiro atoms. The molecule has 1 aromatic carbocycles. The predicted octanol–water partition coefficient (Wildman–Crippen LogP) is 0.236. The van der Waals surface area contributed by atoms with E-state index in [1.165, 1.54) is 32.0 Å². The second kappa shape index (κ2) is 9.07. The van der Waals surface area contributed by atoms with Gasteiger partial charge in [0.15, 0.2) is 11.4 Å². The lowest BCUT2D eigenvalue weighted by atomic mass is 9.57. The number of rotatable bonds is 4. The van der Waals surface area contributed by atoms with Gasteiger partial charge < -0.3 is 31.5 Å². The number of carbonyl (C=O) groups excluding carboxylic acids is 4. The van der Waals surface area contributed by atoms with Crippen molar-refractivity contribution >= 4 is 29.1 Å². The van der Waals surface area contributed by atoms with Crippen LogP contribution in [0.4, 0.5) is 0 Å². The first-order valence-corrected chi connectivity index (χ1v) is 11.0. The lowest BCUT2D eigenvalue weighted by molar-refractivity contribution is -0.153. The third-order valence-corrected chi connectivity index (χ3v) is 7.23. The third-order valence-electron chi connectivity index (χ3n) is 7.23. The highest BCUT2D eigenvalue weighted by molar-refractivity contribution is 6.24. The number of aromatic hydroxyl groups is 1. The maximum absolute atomic E-state index is 13.7. The molecule has 0 saturated heterocycles. The van der Waals surface area contributed by atoms with Crippen molar-refractivity contribution in [3.05, 3.63) is 45.7 Å². The van der Waals surface area contributed by atoms with Crippen molar-refractivity contribution in [3.8, 4) is 5.75 Å². The van der Waals surface area contributed by atoms with Gasteiger partial charge in [-0.1, -0.05) is 13.5 Å². The smallest absolute Gasteiger partial charge is 0.255 e. The van der Waals surface area contributed by atoms with Crippen molar-refractivity contribution in [3.63, 3.8) is 0 Å². The number of nitrogens with zero attached hydrogens (tertiary/aromatic N) is 1. The quantitative estimate of drug-likeness (QED) is 0.314. The Balaban J connectivity index is 0.00000361. The van der Waals surface area contributed by atoms with Crippen molar-refractivity contribution in [2.45, 2.75) is 45.4 Å². The van der Waals surface area contributed by atoms with Crippen LogP contribution in [-0.2, 0) is 32.1 Å². The number of carbonyl (C=O) groups is 4. The Kier molecular flexibility index (Phi) is 6.77. The Morgan fingerprint density at radius 2 is 1.83 bits per heavy atom. The topological polar surface area (TPSA) is 190 Å². The van der Waals surface area contributed by atoms with E-state index in [1.54, 1.807) is 6.07 Å². The molecular formula is C25H31N3O8. The molecule has 2 amide bonds. The number of likely N-dealkylation sites (N-methyl/N-ethyl adjacent to an activating group) is 1. The van der Waals surface area contributed by atoms with Gasteiger partial charge in [0.25, 0.3) is 5.91 Å². The SMILES string of the molecule is C.CC(=O)NCc1ccc(O)c2c1C[C@H]1C[C@H]3[C@H](N(C)C)C(=O)C(C(N)=O)=C(O)[C@@]3(O)C(=O)C1=C2O. The monoisotopic (exact) mass is 501 g/mol. The minimum absolute atomic E-state index is 0. The molecule has 36 heavy (non-hydrogen) atoms. The number of hydrogen-bond acceptors (Lipinski definition) is 9. The first-order valence-electron chi connectivity index (χ1n) is 11.0. The minimum Gasteiger partial charge on any atom is -0.508 e. The highest BCUT2D eigenvalue weighted by Gasteiger charge is 2.64. The first-order chi connectivity index (χ1) is 16.3. The summed E-state index contributed by atoms with van der Waals surface area (Å²) in [7, 11) is 3.08. The van der Waals surface area contributed by atoms with E-state index in [1.807, 2.05) is 0 Å². The summed E-state index contributed by atoms with van der Waals surface area (Å²) in [6.45, 7) is 1.48. The number of phenols is 1. The number of amides is 2. The number of aliphatic hydroxyl groups excluding tert-OH is 2. The van der Waals surface area contributed by atoms with Crippen LogP contribution in [0.15, 0.2) is 29.0 Å². The molecule has 0 unspecified atom stereocenters. The molecule has 194 valence electrons. The standard InChI is InChI=1S/C24H27N3O8.CH4/c1-9(28)26-8-10-4-5-14(29)16-12(10)6-11-7-13-18(27(2)3)20(31)17(23(25)34)22(33)24(13,35)21(32)15(11)19(16)30;/h4-5,11,13,18,29-30,33,35H,6-8H2,1-3H3,(H2,25,34)(H,26,28);1H4/t11-,13-,18-,24-;/m0./s1. The molecule has 0 radical (unpaired) electrons. The van der Waals surface area contributed by atoms with Crippen LogP contribution in [-0.4, -0.2) is 74.4 Å². The van der Waals surface area contributed by atoms with Gasteiger partial charge in [0.05, 0.1) is 11.6 Å².